The van der Waals surface area contributed by atoms with E-state index in [0.29, 0.717) is 0 Å². The van der Waals surface area contributed by atoms with Gasteiger partial charge >= 0.3 is 5.51 Å². The number of benzene rings is 1. The molecular formula is C10H11F3N2O2S. The van der Waals surface area contributed by atoms with E-state index in [0.717, 1.165) is 5.56 Å². The van der Waals surface area contributed by atoms with Crippen molar-refractivity contribution in [2.45, 2.75) is 12.4 Å². The van der Waals surface area contributed by atoms with Crippen LogP contribution >= 0.6 is 11.8 Å². The predicted molar refractivity (Wildman–Crippen MR) is 64.8 cm³/mol. The second-order valence-electron chi connectivity index (χ2n) is 3.50. The minimum atomic E-state index is -4.28. The summed E-state index contributed by atoms with van der Waals surface area (Å²) in [7, 11) is 0. The highest BCUT2D eigenvalue weighted by Crippen LogP contribution is 2.30. The molecule has 0 aliphatic carbocycles. The molecule has 8 heteroatoms. The average molecular weight is 280 g/mol. The maximum Gasteiger partial charge on any atom is 0.441 e. The molecule has 1 N–H and O–H groups in total. The van der Waals surface area contributed by atoms with Gasteiger partial charge in [0, 0.05) is 18.4 Å². The van der Waals surface area contributed by atoms with Gasteiger partial charge in [0.15, 0.2) is 0 Å². The summed E-state index contributed by atoms with van der Waals surface area (Å²) in [6.45, 7) is 1.71. The van der Waals surface area contributed by atoms with Gasteiger partial charge in [-0.3, -0.25) is 10.1 Å². The van der Waals surface area contributed by atoms with Crippen molar-refractivity contribution in [2.75, 3.05) is 17.6 Å². The number of alkyl halides is 3. The van der Waals surface area contributed by atoms with Crippen LogP contribution in [0.15, 0.2) is 18.2 Å². The molecule has 0 aliphatic rings. The molecule has 0 atom stereocenters. The zero-order chi connectivity index (χ0) is 13.8. The van der Waals surface area contributed by atoms with E-state index in [1.807, 2.05) is 0 Å². The van der Waals surface area contributed by atoms with E-state index in [9.17, 15) is 23.3 Å². The molecule has 1 rings (SSSR count). The molecule has 0 aromatic heterocycles. The van der Waals surface area contributed by atoms with Crippen molar-refractivity contribution in [3.63, 3.8) is 0 Å². The molecule has 0 unspecified atom stereocenters. The maximum absolute atomic E-state index is 11.9. The number of halogens is 3. The Morgan fingerprint density at radius 2 is 2.11 bits per heavy atom. The molecule has 100 valence electrons. The summed E-state index contributed by atoms with van der Waals surface area (Å²) in [5.41, 5.74) is -3.46. The first-order valence-corrected chi connectivity index (χ1v) is 5.98. The maximum atomic E-state index is 11.9. The summed E-state index contributed by atoms with van der Waals surface area (Å²) in [6.07, 6.45) is 0. The lowest BCUT2D eigenvalue weighted by molar-refractivity contribution is -0.384. The number of rotatable bonds is 5. The molecule has 0 heterocycles. The second kappa shape index (κ2) is 5.94. The highest BCUT2D eigenvalue weighted by atomic mass is 32.2. The number of nitro benzene ring substituents is 1. The van der Waals surface area contributed by atoms with E-state index in [4.69, 9.17) is 0 Å². The first-order chi connectivity index (χ1) is 8.29. The predicted octanol–water partition coefficient (Wildman–Crippen LogP) is 3.57. The molecule has 0 fully saturated rings. The Morgan fingerprint density at radius 3 is 2.67 bits per heavy atom. The van der Waals surface area contributed by atoms with Gasteiger partial charge in [-0.2, -0.15) is 13.2 Å². The number of aryl methyl sites for hydroxylation is 1. The zero-order valence-corrected chi connectivity index (χ0v) is 10.3. The number of anilines is 1. The van der Waals surface area contributed by atoms with E-state index < -0.39 is 10.4 Å². The van der Waals surface area contributed by atoms with E-state index in [1.165, 1.54) is 12.1 Å². The van der Waals surface area contributed by atoms with Crippen molar-refractivity contribution in [1.29, 1.82) is 0 Å². The third kappa shape index (κ3) is 4.82. The summed E-state index contributed by atoms with van der Waals surface area (Å²) in [6, 6.07) is 4.52. The summed E-state index contributed by atoms with van der Waals surface area (Å²) < 4.78 is 35.6. The van der Waals surface area contributed by atoms with Crippen LogP contribution in [0.1, 0.15) is 5.56 Å². The molecule has 0 amide bonds. The normalized spacial score (nSPS) is 11.3. The lowest BCUT2D eigenvalue weighted by Crippen LogP contribution is -2.10. The number of nitro groups is 1. The molecule has 18 heavy (non-hydrogen) atoms. The number of nitrogens with one attached hydrogen (secondary N) is 1. The van der Waals surface area contributed by atoms with Gasteiger partial charge in [0.1, 0.15) is 5.69 Å². The zero-order valence-electron chi connectivity index (χ0n) is 9.45. The number of thioether (sulfide) groups is 1. The molecule has 0 saturated carbocycles. The van der Waals surface area contributed by atoms with Crippen molar-refractivity contribution in [2.24, 2.45) is 0 Å². The fourth-order valence-electron chi connectivity index (χ4n) is 1.29. The molecule has 0 aliphatic heterocycles. The molecule has 0 spiro atoms. The largest absolute Gasteiger partial charge is 0.441 e. The van der Waals surface area contributed by atoms with E-state index >= 15 is 0 Å². The number of nitrogens with zero attached hydrogens (tertiary/aromatic N) is 1. The van der Waals surface area contributed by atoms with Crippen LogP contribution in [0.5, 0.6) is 0 Å². The summed E-state index contributed by atoms with van der Waals surface area (Å²) in [5.74, 6) is -0.200. The topological polar surface area (TPSA) is 55.2 Å². The summed E-state index contributed by atoms with van der Waals surface area (Å²) >= 11 is -0.162. The van der Waals surface area contributed by atoms with Gasteiger partial charge < -0.3 is 5.32 Å². The summed E-state index contributed by atoms with van der Waals surface area (Å²) in [5, 5.41) is 13.4. The third-order valence-corrected chi connectivity index (χ3v) is 2.77. The smallest absolute Gasteiger partial charge is 0.379 e. The van der Waals surface area contributed by atoms with E-state index in [-0.39, 0.29) is 35.4 Å². The summed E-state index contributed by atoms with van der Waals surface area (Å²) in [4.78, 5) is 10.2. The van der Waals surface area contributed by atoms with Crippen LogP contribution in [0.25, 0.3) is 0 Å². The molecule has 1 aromatic rings. The van der Waals surface area contributed by atoms with Crippen LogP contribution in [-0.4, -0.2) is 22.7 Å². The molecule has 4 nitrogen and oxygen atoms in total. The number of hydrogen-bond donors (Lipinski definition) is 1. The Hall–Kier alpha value is -1.44. The lowest BCUT2D eigenvalue weighted by Gasteiger charge is -2.08. The van der Waals surface area contributed by atoms with E-state index in [1.54, 1.807) is 13.0 Å². The van der Waals surface area contributed by atoms with Gasteiger partial charge in [0.25, 0.3) is 5.69 Å². The SMILES string of the molecule is Cc1ccc(NCCSC(F)(F)F)c([N+](=O)[O-])c1. The quantitative estimate of drug-likeness (QED) is 0.509. The average Bonchev–Trinajstić information content (AvgIpc) is 2.24. The fourth-order valence-corrected chi connectivity index (χ4v) is 1.73. The molecule has 0 saturated heterocycles. The standard InChI is InChI=1S/C10H11F3N2O2S/c1-7-2-3-8(9(6-7)15(16)17)14-4-5-18-10(11,12)13/h2-3,6,14H,4-5H2,1H3. The van der Waals surface area contributed by atoms with Crippen LogP contribution in [-0.2, 0) is 0 Å². The second-order valence-corrected chi connectivity index (χ2v) is 4.66. The van der Waals surface area contributed by atoms with Gasteiger partial charge in [-0.25, -0.2) is 0 Å². The van der Waals surface area contributed by atoms with Gasteiger partial charge in [-0.15, -0.1) is 0 Å². The van der Waals surface area contributed by atoms with Crippen LogP contribution in [0.4, 0.5) is 24.5 Å². The van der Waals surface area contributed by atoms with Crippen molar-refractivity contribution in [3.8, 4) is 0 Å². The fraction of sp³-hybridized carbons (Fsp3) is 0.400. The van der Waals surface area contributed by atoms with Crippen LogP contribution in [0.3, 0.4) is 0 Å². The Kier molecular flexibility index (Phi) is 4.83. The van der Waals surface area contributed by atoms with Crippen molar-refractivity contribution in [1.82, 2.24) is 0 Å². The van der Waals surface area contributed by atoms with Gasteiger partial charge in [-0.1, -0.05) is 6.07 Å². The monoisotopic (exact) mass is 280 g/mol. The van der Waals surface area contributed by atoms with Crippen LogP contribution in [0.2, 0.25) is 0 Å². The van der Waals surface area contributed by atoms with Crippen LogP contribution in [0, 0.1) is 17.0 Å². The third-order valence-electron chi connectivity index (χ3n) is 2.03. The van der Waals surface area contributed by atoms with Crippen LogP contribution < -0.4 is 5.32 Å². The highest BCUT2D eigenvalue weighted by Gasteiger charge is 2.27. The Labute approximate surface area is 106 Å². The Bertz CT molecular complexity index is 438. The lowest BCUT2D eigenvalue weighted by atomic mass is 10.2. The van der Waals surface area contributed by atoms with Crippen molar-refractivity contribution >= 4 is 23.1 Å². The van der Waals surface area contributed by atoms with Gasteiger partial charge in [-0.05, 0) is 30.3 Å². The molecule has 0 radical (unpaired) electrons. The van der Waals surface area contributed by atoms with Gasteiger partial charge in [0.05, 0.1) is 4.92 Å². The minimum Gasteiger partial charge on any atom is -0.379 e. The highest BCUT2D eigenvalue weighted by molar-refractivity contribution is 8.00. The van der Waals surface area contributed by atoms with Crippen molar-refractivity contribution in [3.05, 3.63) is 33.9 Å². The molecule has 0 bridgehead atoms. The van der Waals surface area contributed by atoms with Gasteiger partial charge in [0.2, 0.25) is 0 Å². The minimum absolute atomic E-state index is 0.00801. The number of hydrogen-bond acceptors (Lipinski definition) is 4. The Balaban J connectivity index is 2.59. The first-order valence-electron chi connectivity index (χ1n) is 4.99. The first kappa shape index (κ1) is 14.6. The van der Waals surface area contributed by atoms with Crippen molar-refractivity contribution < 1.29 is 18.1 Å². The molecular weight excluding hydrogens is 269 g/mol. The Morgan fingerprint density at radius 1 is 1.44 bits per heavy atom. The van der Waals surface area contributed by atoms with E-state index in [2.05, 4.69) is 5.32 Å². The molecule has 1 aromatic carbocycles.